The van der Waals surface area contributed by atoms with Gasteiger partial charge >= 0.3 is 0 Å². The number of methoxy groups -OCH3 is 2. The number of hydrogen-bond acceptors (Lipinski definition) is 7. The first-order valence-electron chi connectivity index (χ1n) is 15.5. The maximum absolute atomic E-state index is 12.6. The van der Waals surface area contributed by atoms with Gasteiger partial charge in [-0.3, -0.25) is 4.79 Å². The number of anilines is 1. The van der Waals surface area contributed by atoms with Gasteiger partial charge in [-0.05, 0) is 95.8 Å². The molecule has 2 fully saturated rings. The standard InChI is InChI=1S/C32H53N3O5/c1-23(34-31(36)19-24-7-11-27(38-5)12-8-24)17-26-10-13-28(20-33-26)39-21-25-9-14-30-29(18-25)35(15-6-16-37-4)22-32(2,3)40-30/h9,14,18,23-24,26-28,33H,6-8,10-13,15-17,19-22H2,1-5H3,(H,34,36)/t23-,24?,26?,27?,28+/m0/s1. The monoisotopic (exact) mass is 559 g/mol. The van der Waals surface area contributed by atoms with E-state index in [-0.39, 0.29) is 23.7 Å². The van der Waals surface area contributed by atoms with Crippen molar-refractivity contribution in [3.05, 3.63) is 23.8 Å². The smallest absolute Gasteiger partial charge is 0.220 e. The molecular weight excluding hydrogens is 506 g/mol. The summed E-state index contributed by atoms with van der Waals surface area (Å²) in [6.45, 7) is 10.4. The molecule has 4 rings (SSSR count). The largest absolute Gasteiger partial charge is 0.484 e. The molecule has 0 bridgehead atoms. The van der Waals surface area contributed by atoms with E-state index >= 15 is 0 Å². The first-order valence-corrected chi connectivity index (χ1v) is 15.5. The van der Waals surface area contributed by atoms with Crippen molar-refractivity contribution in [1.29, 1.82) is 0 Å². The number of nitrogens with one attached hydrogen (secondary N) is 2. The predicted octanol–water partition coefficient (Wildman–Crippen LogP) is 4.83. The van der Waals surface area contributed by atoms with Crippen LogP contribution in [-0.2, 0) is 25.6 Å². The van der Waals surface area contributed by atoms with Crippen molar-refractivity contribution in [2.45, 2.75) is 115 Å². The lowest BCUT2D eigenvalue weighted by atomic mass is 9.85. The number of benzene rings is 1. The molecule has 1 saturated carbocycles. The minimum Gasteiger partial charge on any atom is -0.484 e. The topological polar surface area (TPSA) is 81.3 Å². The Labute approximate surface area is 241 Å². The van der Waals surface area contributed by atoms with Crippen molar-refractivity contribution >= 4 is 11.6 Å². The van der Waals surface area contributed by atoms with Gasteiger partial charge in [0.1, 0.15) is 11.4 Å². The Bertz CT molecular complexity index is 925. The van der Waals surface area contributed by atoms with Crippen LogP contribution in [0.5, 0.6) is 5.75 Å². The van der Waals surface area contributed by atoms with Crippen LogP contribution in [0.25, 0.3) is 0 Å². The van der Waals surface area contributed by atoms with Gasteiger partial charge < -0.3 is 34.5 Å². The molecule has 0 aromatic heterocycles. The van der Waals surface area contributed by atoms with Crippen LogP contribution in [-0.4, -0.2) is 76.3 Å². The zero-order valence-electron chi connectivity index (χ0n) is 25.5. The molecule has 1 aromatic rings. The minimum absolute atomic E-state index is 0.173. The molecule has 0 radical (unpaired) electrons. The zero-order chi connectivity index (χ0) is 28.5. The first kappa shape index (κ1) is 31.1. The van der Waals surface area contributed by atoms with E-state index in [9.17, 15) is 4.79 Å². The van der Waals surface area contributed by atoms with Crippen molar-refractivity contribution < 1.29 is 23.7 Å². The average molecular weight is 560 g/mol. The minimum atomic E-state index is -0.216. The van der Waals surface area contributed by atoms with Crippen molar-refractivity contribution in [3.8, 4) is 5.75 Å². The lowest BCUT2D eigenvalue weighted by molar-refractivity contribution is -0.123. The fourth-order valence-corrected chi connectivity index (χ4v) is 6.56. The van der Waals surface area contributed by atoms with Crippen LogP contribution in [0.4, 0.5) is 5.69 Å². The van der Waals surface area contributed by atoms with E-state index in [1.807, 2.05) is 0 Å². The maximum Gasteiger partial charge on any atom is 0.220 e. The molecule has 8 heteroatoms. The second kappa shape index (κ2) is 14.9. The predicted molar refractivity (Wildman–Crippen MR) is 159 cm³/mol. The van der Waals surface area contributed by atoms with Crippen LogP contribution in [0.15, 0.2) is 18.2 Å². The second-order valence-corrected chi connectivity index (χ2v) is 12.8. The van der Waals surface area contributed by atoms with Gasteiger partial charge in [0, 0.05) is 52.4 Å². The summed E-state index contributed by atoms with van der Waals surface area (Å²) in [6.07, 6.45) is 9.60. The number of piperidine rings is 1. The highest BCUT2D eigenvalue weighted by molar-refractivity contribution is 5.76. The normalized spacial score (nSPS) is 27.0. The summed E-state index contributed by atoms with van der Waals surface area (Å²) in [5.41, 5.74) is 2.11. The molecule has 1 aromatic carbocycles. The van der Waals surface area contributed by atoms with Gasteiger partial charge in [-0.1, -0.05) is 6.07 Å². The molecule has 1 aliphatic carbocycles. The summed E-state index contributed by atoms with van der Waals surface area (Å²) in [5.74, 6) is 1.64. The van der Waals surface area contributed by atoms with Gasteiger partial charge in [0.05, 0.1) is 31.0 Å². The molecule has 8 nitrogen and oxygen atoms in total. The fraction of sp³-hybridized carbons (Fsp3) is 0.781. The third kappa shape index (κ3) is 9.33. The van der Waals surface area contributed by atoms with Gasteiger partial charge in [-0.2, -0.15) is 0 Å². The summed E-state index contributed by atoms with van der Waals surface area (Å²) in [6, 6.07) is 7.03. The van der Waals surface area contributed by atoms with Crippen LogP contribution in [0, 0.1) is 5.92 Å². The van der Waals surface area contributed by atoms with E-state index < -0.39 is 0 Å². The summed E-state index contributed by atoms with van der Waals surface area (Å²) in [5, 5.41) is 6.91. The lowest BCUT2D eigenvalue weighted by Gasteiger charge is -2.41. The number of amides is 1. The van der Waals surface area contributed by atoms with Crippen LogP contribution in [0.3, 0.4) is 0 Å². The molecule has 1 unspecified atom stereocenters. The van der Waals surface area contributed by atoms with Crippen molar-refractivity contribution in [2.24, 2.45) is 5.92 Å². The second-order valence-electron chi connectivity index (χ2n) is 12.8. The maximum atomic E-state index is 12.6. The number of ether oxygens (including phenoxy) is 4. The van der Waals surface area contributed by atoms with E-state index in [1.54, 1.807) is 14.2 Å². The zero-order valence-corrected chi connectivity index (χ0v) is 25.5. The molecular formula is C32H53N3O5. The summed E-state index contributed by atoms with van der Waals surface area (Å²) < 4.78 is 23.3. The number of rotatable bonds is 13. The van der Waals surface area contributed by atoms with Crippen LogP contribution in [0.1, 0.15) is 84.1 Å². The van der Waals surface area contributed by atoms with Crippen molar-refractivity contribution in [2.75, 3.05) is 45.4 Å². The van der Waals surface area contributed by atoms with E-state index in [2.05, 4.69) is 54.5 Å². The molecule has 1 amide bonds. The van der Waals surface area contributed by atoms with Gasteiger partial charge in [0.2, 0.25) is 5.91 Å². The molecule has 2 aliphatic heterocycles. The Hall–Kier alpha value is -1.87. The summed E-state index contributed by atoms with van der Waals surface area (Å²) in [7, 11) is 3.54. The highest BCUT2D eigenvalue weighted by Gasteiger charge is 2.32. The summed E-state index contributed by atoms with van der Waals surface area (Å²) >= 11 is 0. The van der Waals surface area contributed by atoms with Crippen LogP contribution < -0.4 is 20.3 Å². The molecule has 226 valence electrons. The van der Waals surface area contributed by atoms with E-state index in [0.29, 0.717) is 31.1 Å². The Morgan fingerprint density at radius 2 is 1.93 bits per heavy atom. The van der Waals surface area contributed by atoms with Gasteiger partial charge in [0.15, 0.2) is 0 Å². The Balaban J connectivity index is 1.17. The van der Waals surface area contributed by atoms with Gasteiger partial charge in [-0.25, -0.2) is 0 Å². The fourth-order valence-electron chi connectivity index (χ4n) is 6.56. The van der Waals surface area contributed by atoms with E-state index in [1.165, 1.54) is 5.56 Å². The quantitative estimate of drug-likeness (QED) is 0.335. The molecule has 40 heavy (non-hydrogen) atoms. The van der Waals surface area contributed by atoms with Crippen LogP contribution in [0.2, 0.25) is 0 Å². The Morgan fingerprint density at radius 1 is 1.15 bits per heavy atom. The number of hydrogen-bond donors (Lipinski definition) is 2. The number of fused-ring (bicyclic) bond motifs is 1. The average Bonchev–Trinajstić information content (AvgIpc) is 2.92. The molecule has 3 atom stereocenters. The first-order chi connectivity index (χ1) is 19.2. The van der Waals surface area contributed by atoms with Gasteiger partial charge in [0.25, 0.3) is 0 Å². The lowest BCUT2D eigenvalue weighted by Crippen LogP contribution is -2.47. The van der Waals surface area contributed by atoms with Crippen molar-refractivity contribution in [3.63, 3.8) is 0 Å². The molecule has 2 heterocycles. The van der Waals surface area contributed by atoms with E-state index in [4.69, 9.17) is 18.9 Å². The van der Waals surface area contributed by atoms with Gasteiger partial charge in [-0.15, -0.1) is 0 Å². The third-order valence-corrected chi connectivity index (χ3v) is 8.70. The Kier molecular flexibility index (Phi) is 11.5. The SMILES string of the molecule is COCCCN1CC(C)(C)Oc2ccc(CO[C@@H]3CCC(C[C@H](C)NC(=O)CC4CCC(OC)CC4)NC3)cc21. The molecule has 3 aliphatic rings. The number of carbonyl (C=O) groups is 1. The number of carbonyl (C=O) groups excluding carboxylic acids is 1. The van der Waals surface area contributed by atoms with E-state index in [0.717, 1.165) is 89.0 Å². The number of nitrogens with zero attached hydrogens (tertiary/aromatic N) is 1. The highest BCUT2D eigenvalue weighted by atomic mass is 16.5. The Morgan fingerprint density at radius 3 is 2.62 bits per heavy atom. The molecule has 2 N–H and O–H groups in total. The molecule has 0 spiro atoms. The summed E-state index contributed by atoms with van der Waals surface area (Å²) in [4.78, 5) is 15.0. The molecule has 1 saturated heterocycles. The van der Waals surface area contributed by atoms with Crippen molar-refractivity contribution in [1.82, 2.24) is 10.6 Å². The highest BCUT2D eigenvalue weighted by Crippen LogP contribution is 2.38. The third-order valence-electron chi connectivity index (χ3n) is 8.70. The van der Waals surface area contributed by atoms with Crippen LogP contribution >= 0.6 is 0 Å².